The Morgan fingerprint density at radius 1 is 1.24 bits per heavy atom. The first-order chi connectivity index (χ1) is 12.1. The number of hydrogen-bond donors (Lipinski definition) is 2. The number of hydrogen-bond acceptors (Lipinski definition) is 5. The summed E-state index contributed by atoms with van der Waals surface area (Å²) < 4.78 is 10.2. The molecule has 0 fully saturated rings. The minimum absolute atomic E-state index is 0.139. The van der Waals surface area contributed by atoms with Crippen LogP contribution in [0, 0.1) is 0 Å². The van der Waals surface area contributed by atoms with Crippen molar-refractivity contribution in [2.75, 3.05) is 6.54 Å². The number of amides is 1. The summed E-state index contributed by atoms with van der Waals surface area (Å²) in [5.74, 6) is -0.241. The van der Waals surface area contributed by atoms with E-state index < -0.39 is 6.10 Å². The smallest absolute Gasteiger partial charge is 0.251 e. The maximum absolute atomic E-state index is 12.3. The number of nitrogens with zero attached hydrogens (tertiary/aromatic N) is 3. The van der Waals surface area contributed by atoms with Gasteiger partial charge in [0.05, 0.1) is 17.8 Å². The molecular formula is C18H16N4O2S. The number of para-hydroxylation sites is 1. The quantitative estimate of drug-likeness (QED) is 0.592. The third kappa shape index (κ3) is 2.88. The molecule has 0 bridgehead atoms. The first-order valence-electron chi connectivity index (χ1n) is 7.86. The van der Waals surface area contributed by atoms with Gasteiger partial charge in [-0.3, -0.25) is 4.79 Å². The van der Waals surface area contributed by atoms with Crippen molar-refractivity contribution in [2.24, 2.45) is 7.05 Å². The largest absolute Gasteiger partial charge is 0.386 e. The Morgan fingerprint density at radius 3 is 2.92 bits per heavy atom. The first kappa shape index (κ1) is 15.7. The Morgan fingerprint density at radius 2 is 2.04 bits per heavy atom. The zero-order valence-electron chi connectivity index (χ0n) is 13.5. The lowest BCUT2D eigenvalue weighted by molar-refractivity contribution is 0.0917. The summed E-state index contributed by atoms with van der Waals surface area (Å²) in [6.07, 6.45) is 1.12. The second-order valence-electron chi connectivity index (χ2n) is 5.91. The molecular weight excluding hydrogens is 336 g/mol. The third-order valence-electron chi connectivity index (χ3n) is 4.26. The van der Waals surface area contributed by atoms with Crippen molar-refractivity contribution < 1.29 is 9.90 Å². The van der Waals surface area contributed by atoms with E-state index in [9.17, 15) is 9.90 Å². The molecule has 0 radical (unpaired) electrons. The van der Waals surface area contributed by atoms with Crippen LogP contribution in [0.4, 0.5) is 0 Å². The topological polar surface area (TPSA) is 80.0 Å². The van der Waals surface area contributed by atoms with Gasteiger partial charge in [-0.25, -0.2) is 0 Å². The number of aliphatic hydroxyl groups is 1. The molecule has 0 saturated carbocycles. The summed E-state index contributed by atoms with van der Waals surface area (Å²) in [4.78, 5) is 12.3. The molecule has 0 spiro atoms. The molecule has 1 amide bonds. The fraction of sp³-hybridized carbons (Fsp3) is 0.167. The van der Waals surface area contributed by atoms with Crippen LogP contribution in [0.1, 0.15) is 22.0 Å². The van der Waals surface area contributed by atoms with Gasteiger partial charge in [0.2, 0.25) is 0 Å². The van der Waals surface area contributed by atoms with E-state index >= 15 is 0 Å². The molecule has 6 nitrogen and oxygen atoms in total. The average molecular weight is 352 g/mol. The molecule has 2 aromatic heterocycles. The highest BCUT2D eigenvalue weighted by molar-refractivity contribution is 7.00. The van der Waals surface area contributed by atoms with Crippen LogP contribution >= 0.6 is 11.7 Å². The summed E-state index contributed by atoms with van der Waals surface area (Å²) >= 11 is 1.12. The van der Waals surface area contributed by atoms with Gasteiger partial charge in [-0.05, 0) is 24.3 Å². The average Bonchev–Trinajstić information content (AvgIpc) is 3.23. The number of rotatable bonds is 4. The van der Waals surface area contributed by atoms with E-state index in [0.29, 0.717) is 11.1 Å². The van der Waals surface area contributed by atoms with Gasteiger partial charge in [-0.2, -0.15) is 8.75 Å². The van der Waals surface area contributed by atoms with Gasteiger partial charge in [-0.1, -0.05) is 18.2 Å². The van der Waals surface area contributed by atoms with Crippen LogP contribution in [-0.2, 0) is 7.05 Å². The number of carbonyl (C=O) groups is 1. The molecule has 126 valence electrons. The van der Waals surface area contributed by atoms with Crippen LogP contribution in [-0.4, -0.2) is 30.9 Å². The van der Waals surface area contributed by atoms with Crippen molar-refractivity contribution in [1.82, 2.24) is 18.6 Å². The Balaban J connectivity index is 1.50. The lowest BCUT2D eigenvalue weighted by atomic mass is 10.1. The van der Waals surface area contributed by atoms with E-state index in [-0.39, 0.29) is 12.5 Å². The molecule has 0 saturated heterocycles. The number of benzene rings is 2. The first-order valence-corrected chi connectivity index (χ1v) is 8.59. The van der Waals surface area contributed by atoms with Gasteiger partial charge in [0.25, 0.3) is 5.91 Å². The number of aryl methyl sites for hydroxylation is 1. The molecule has 7 heteroatoms. The maximum atomic E-state index is 12.3. The fourth-order valence-electron chi connectivity index (χ4n) is 2.96. The van der Waals surface area contributed by atoms with E-state index in [4.69, 9.17) is 0 Å². The maximum Gasteiger partial charge on any atom is 0.251 e. The minimum Gasteiger partial charge on any atom is -0.386 e. The number of fused-ring (bicyclic) bond motifs is 2. The summed E-state index contributed by atoms with van der Waals surface area (Å²) in [6, 6.07) is 13.1. The fourth-order valence-corrected chi connectivity index (χ4v) is 3.48. The molecule has 4 aromatic rings. The van der Waals surface area contributed by atoms with E-state index in [2.05, 4.69) is 14.1 Å². The van der Waals surface area contributed by atoms with E-state index in [0.717, 1.165) is 33.7 Å². The van der Waals surface area contributed by atoms with Crippen molar-refractivity contribution in [3.8, 4) is 0 Å². The van der Waals surface area contributed by atoms with E-state index in [1.54, 1.807) is 18.2 Å². The van der Waals surface area contributed by atoms with E-state index in [1.165, 1.54) is 0 Å². The van der Waals surface area contributed by atoms with Crippen molar-refractivity contribution in [2.45, 2.75) is 6.10 Å². The van der Waals surface area contributed by atoms with E-state index in [1.807, 2.05) is 42.1 Å². The van der Waals surface area contributed by atoms with Gasteiger partial charge < -0.3 is 15.0 Å². The van der Waals surface area contributed by atoms with Crippen LogP contribution in [0.5, 0.6) is 0 Å². The summed E-state index contributed by atoms with van der Waals surface area (Å²) in [5.41, 5.74) is 3.83. The number of aromatic nitrogens is 3. The van der Waals surface area contributed by atoms with Crippen LogP contribution in [0.15, 0.2) is 48.7 Å². The molecule has 0 aliphatic rings. The highest BCUT2D eigenvalue weighted by Gasteiger charge is 2.16. The third-order valence-corrected chi connectivity index (χ3v) is 4.82. The molecule has 0 unspecified atom stereocenters. The van der Waals surface area contributed by atoms with Gasteiger partial charge in [-0.15, -0.1) is 0 Å². The minimum atomic E-state index is -0.778. The lowest BCUT2D eigenvalue weighted by Gasteiger charge is -2.11. The van der Waals surface area contributed by atoms with Gasteiger partial charge >= 0.3 is 0 Å². The molecule has 1 atom stereocenters. The highest BCUT2D eigenvalue weighted by atomic mass is 32.1. The monoisotopic (exact) mass is 352 g/mol. The van der Waals surface area contributed by atoms with Gasteiger partial charge in [0.1, 0.15) is 11.0 Å². The number of nitrogens with one attached hydrogen (secondary N) is 1. The molecule has 2 heterocycles. The van der Waals surface area contributed by atoms with Crippen LogP contribution < -0.4 is 5.32 Å². The standard InChI is InChI=1S/C18H16N4O2S/c1-22-10-13(12-4-2-3-5-16(12)22)17(23)9-19-18(24)11-6-7-14-15(8-11)21-25-20-14/h2-8,10,17,23H,9H2,1H3,(H,19,24)/t17-/m0/s1. The Kier molecular flexibility index (Phi) is 3.95. The van der Waals surface area contributed by atoms with Crippen LogP contribution in [0.3, 0.4) is 0 Å². The zero-order valence-corrected chi connectivity index (χ0v) is 14.3. The zero-order chi connectivity index (χ0) is 17.4. The second kappa shape index (κ2) is 6.27. The van der Waals surface area contributed by atoms with Crippen LogP contribution in [0.25, 0.3) is 21.9 Å². The Hall–Kier alpha value is -2.77. The van der Waals surface area contributed by atoms with Crippen LogP contribution in [0.2, 0.25) is 0 Å². The summed E-state index contributed by atoms with van der Waals surface area (Å²) in [7, 11) is 1.94. The molecule has 2 N–H and O–H groups in total. The van der Waals surface area contributed by atoms with Gasteiger partial charge in [0.15, 0.2) is 0 Å². The number of carbonyl (C=O) groups excluding carboxylic acids is 1. The normalized spacial score (nSPS) is 12.6. The molecule has 2 aromatic carbocycles. The van der Waals surface area contributed by atoms with Crippen molar-refractivity contribution >= 4 is 39.6 Å². The Bertz CT molecular complexity index is 1070. The Labute approximate surface area is 148 Å². The highest BCUT2D eigenvalue weighted by Crippen LogP contribution is 2.25. The van der Waals surface area contributed by atoms with Gasteiger partial charge in [0, 0.05) is 41.8 Å². The molecule has 4 rings (SSSR count). The molecule has 0 aliphatic heterocycles. The predicted molar refractivity (Wildman–Crippen MR) is 97.6 cm³/mol. The second-order valence-corrected chi connectivity index (χ2v) is 6.43. The SMILES string of the molecule is Cn1cc([C@@H](O)CNC(=O)c2ccc3nsnc3c2)c2ccccc21. The number of aliphatic hydroxyl groups excluding tert-OH is 1. The van der Waals surface area contributed by atoms with Crippen molar-refractivity contribution in [3.63, 3.8) is 0 Å². The van der Waals surface area contributed by atoms with Crippen molar-refractivity contribution in [1.29, 1.82) is 0 Å². The predicted octanol–water partition coefficient (Wildman–Crippen LogP) is 2.65. The molecule has 25 heavy (non-hydrogen) atoms. The summed E-state index contributed by atoms with van der Waals surface area (Å²) in [5, 5.41) is 14.3. The van der Waals surface area contributed by atoms with Crippen molar-refractivity contribution in [3.05, 3.63) is 59.8 Å². The summed E-state index contributed by atoms with van der Waals surface area (Å²) in [6.45, 7) is 0.139. The molecule has 0 aliphatic carbocycles. The lowest BCUT2D eigenvalue weighted by Crippen LogP contribution is -2.28.